The Morgan fingerprint density at radius 3 is 2.58 bits per heavy atom. The number of hydrazone groups is 1. The average molecular weight is 421 g/mol. The Morgan fingerprint density at radius 2 is 1.90 bits per heavy atom. The molecule has 0 saturated carbocycles. The van der Waals surface area contributed by atoms with Crippen LogP contribution < -0.4 is 4.90 Å². The molecule has 0 bridgehead atoms. The van der Waals surface area contributed by atoms with Crippen molar-refractivity contribution >= 4 is 17.8 Å². The number of aliphatic hydroxyl groups is 1. The third-order valence-electron chi connectivity index (χ3n) is 6.56. The van der Waals surface area contributed by atoms with Crippen LogP contribution in [0.15, 0.2) is 59.7 Å². The van der Waals surface area contributed by atoms with Crippen molar-refractivity contribution in [2.75, 3.05) is 32.1 Å². The van der Waals surface area contributed by atoms with E-state index in [1.165, 1.54) is 5.56 Å². The van der Waals surface area contributed by atoms with Crippen molar-refractivity contribution in [2.24, 2.45) is 5.10 Å². The van der Waals surface area contributed by atoms with Gasteiger partial charge in [0.05, 0.1) is 11.6 Å². The highest BCUT2D eigenvalue weighted by atomic mass is 16.3. The lowest BCUT2D eigenvalue weighted by atomic mass is 9.84. The van der Waals surface area contributed by atoms with E-state index in [4.69, 9.17) is 0 Å². The van der Waals surface area contributed by atoms with Crippen molar-refractivity contribution in [3.63, 3.8) is 0 Å². The van der Waals surface area contributed by atoms with Gasteiger partial charge in [-0.2, -0.15) is 5.10 Å². The van der Waals surface area contributed by atoms with Crippen LogP contribution in [0.2, 0.25) is 0 Å². The lowest BCUT2D eigenvalue weighted by molar-refractivity contribution is -0.0368. The third kappa shape index (κ3) is 5.07. The molecule has 31 heavy (non-hydrogen) atoms. The average Bonchev–Trinajstić information content (AvgIpc) is 3.18. The maximum atomic E-state index is 13.1. The zero-order valence-corrected chi connectivity index (χ0v) is 18.4. The first-order chi connectivity index (χ1) is 14.9. The molecule has 164 valence electrons. The second kappa shape index (κ2) is 9.10. The van der Waals surface area contributed by atoms with Gasteiger partial charge in [-0.1, -0.05) is 36.4 Å². The fourth-order valence-corrected chi connectivity index (χ4v) is 4.54. The van der Waals surface area contributed by atoms with Crippen LogP contribution >= 0.6 is 0 Å². The molecule has 1 amide bonds. The number of likely N-dealkylation sites (tertiary alicyclic amines) is 1. The molecule has 1 atom stereocenters. The normalized spacial score (nSPS) is 20.2. The molecule has 0 aromatic heterocycles. The molecule has 2 aromatic rings. The van der Waals surface area contributed by atoms with Gasteiger partial charge in [0.2, 0.25) is 0 Å². The molecule has 2 aliphatic heterocycles. The number of piperidine rings is 1. The lowest BCUT2D eigenvalue weighted by Crippen LogP contribution is -2.49. The van der Waals surface area contributed by atoms with Gasteiger partial charge in [0.15, 0.2) is 0 Å². The van der Waals surface area contributed by atoms with Crippen molar-refractivity contribution in [1.29, 1.82) is 0 Å². The highest BCUT2D eigenvalue weighted by Crippen LogP contribution is 2.31. The maximum Gasteiger partial charge on any atom is 0.253 e. The molecule has 2 aromatic carbocycles. The Morgan fingerprint density at radius 1 is 1.16 bits per heavy atom. The van der Waals surface area contributed by atoms with E-state index < -0.39 is 5.60 Å². The molecule has 2 heterocycles. The van der Waals surface area contributed by atoms with Crippen LogP contribution in [0.1, 0.15) is 41.6 Å². The summed E-state index contributed by atoms with van der Waals surface area (Å²) in [4.78, 5) is 17.2. The molecule has 1 saturated heterocycles. The molecule has 6 nitrogen and oxygen atoms in total. The monoisotopic (exact) mass is 420 g/mol. The van der Waals surface area contributed by atoms with E-state index >= 15 is 0 Å². The molecule has 4 rings (SSSR count). The lowest BCUT2D eigenvalue weighted by Gasteiger charge is -2.40. The van der Waals surface area contributed by atoms with E-state index in [0.29, 0.717) is 37.9 Å². The first-order valence-corrected chi connectivity index (χ1v) is 11.1. The Bertz CT molecular complexity index is 922. The van der Waals surface area contributed by atoms with Crippen molar-refractivity contribution in [2.45, 2.75) is 43.9 Å². The summed E-state index contributed by atoms with van der Waals surface area (Å²) >= 11 is 0. The third-order valence-corrected chi connectivity index (χ3v) is 6.56. The first kappa shape index (κ1) is 21.4. The Kier molecular flexibility index (Phi) is 6.28. The Labute approximate surface area is 184 Å². The van der Waals surface area contributed by atoms with Crippen LogP contribution in [0.4, 0.5) is 5.69 Å². The molecule has 1 N–H and O–H groups in total. The topological polar surface area (TPSA) is 59.4 Å². The van der Waals surface area contributed by atoms with Crippen LogP contribution in [-0.4, -0.2) is 66.0 Å². The number of rotatable bonds is 6. The summed E-state index contributed by atoms with van der Waals surface area (Å²) in [7, 11) is 4.00. The number of nitrogens with zero attached hydrogens (tertiary/aromatic N) is 4. The standard InChI is InChI=1S/C25H32N4O2/c1-27(19-20-7-4-3-5-8-20)22-10-6-9-21(17-22)24(30)29-15-12-25(31,13-16-29)18-23-11-14-26-28(23)2/h3-10,14,17,23,31H,11-13,15-16,18-19H2,1-2H3. The minimum Gasteiger partial charge on any atom is -0.390 e. The molecular formula is C25H32N4O2. The fraction of sp³-hybridized carbons (Fsp3) is 0.440. The highest BCUT2D eigenvalue weighted by Gasteiger charge is 2.37. The predicted octanol–water partition coefficient (Wildman–Crippen LogP) is 3.37. The Hall–Kier alpha value is -2.86. The fourth-order valence-electron chi connectivity index (χ4n) is 4.54. The second-order valence-electron chi connectivity index (χ2n) is 8.87. The summed E-state index contributed by atoms with van der Waals surface area (Å²) in [6.45, 7) is 1.95. The summed E-state index contributed by atoms with van der Waals surface area (Å²) in [5, 5.41) is 17.3. The molecule has 0 radical (unpaired) electrons. The van der Waals surface area contributed by atoms with Gasteiger partial charge in [0, 0.05) is 57.6 Å². The summed E-state index contributed by atoms with van der Waals surface area (Å²) in [5.41, 5.74) is 2.23. The van der Waals surface area contributed by atoms with Crippen LogP contribution in [0, 0.1) is 0 Å². The second-order valence-corrected chi connectivity index (χ2v) is 8.87. The number of anilines is 1. The van der Waals surface area contributed by atoms with Crippen molar-refractivity contribution < 1.29 is 9.90 Å². The largest absolute Gasteiger partial charge is 0.390 e. The van der Waals surface area contributed by atoms with E-state index in [1.54, 1.807) is 0 Å². The van der Waals surface area contributed by atoms with Gasteiger partial charge in [-0.05, 0) is 43.0 Å². The molecule has 1 fully saturated rings. The van der Waals surface area contributed by atoms with Crippen LogP contribution in [0.3, 0.4) is 0 Å². The molecule has 1 unspecified atom stereocenters. The van der Waals surface area contributed by atoms with E-state index in [0.717, 1.165) is 18.7 Å². The molecule has 0 spiro atoms. The van der Waals surface area contributed by atoms with Gasteiger partial charge >= 0.3 is 0 Å². The van der Waals surface area contributed by atoms with Crippen LogP contribution in [0.5, 0.6) is 0 Å². The maximum absolute atomic E-state index is 13.1. The van der Waals surface area contributed by atoms with Gasteiger partial charge in [-0.25, -0.2) is 0 Å². The number of carbonyl (C=O) groups is 1. The van der Waals surface area contributed by atoms with E-state index in [-0.39, 0.29) is 11.9 Å². The zero-order valence-electron chi connectivity index (χ0n) is 18.4. The van der Waals surface area contributed by atoms with Gasteiger partial charge in [-0.15, -0.1) is 0 Å². The number of hydrogen-bond donors (Lipinski definition) is 1. The summed E-state index contributed by atoms with van der Waals surface area (Å²) in [6, 6.07) is 18.4. The first-order valence-electron chi connectivity index (χ1n) is 11.1. The van der Waals surface area contributed by atoms with Crippen molar-refractivity contribution in [3.8, 4) is 0 Å². The van der Waals surface area contributed by atoms with E-state index in [9.17, 15) is 9.90 Å². The Balaban J connectivity index is 1.36. The quantitative estimate of drug-likeness (QED) is 0.778. The number of benzene rings is 2. The molecule has 0 aliphatic carbocycles. The number of carbonyl (C=O) groups excluding carboxylic acids is 1. The van der Waals surface area contributed by atoms with Crippen molar-refractivity contribution in [3.05, 3.63) is 65.7 Å². The molecular weight excluding hydrogens is 388 g/mol. The van der Waals surface area contributed by atoms with Gasteiger partial charge in [0.1, 0.15) is 0 Å². The van der Waals surface area contributed by atoms with Crippen molar-refractivity contribution in [1.82, 2.24) is 9.91 Å². The molecule has 2 aliphatic rings. The molecule has 6 heteroatoms. The van der Waals surface area contributed by atoms with E-state index in [1.807, 2.05) is 72.7 Å². The van der Waals surface area contributed by atoms with Crippen LogP contribution in [-0.2, 0) is 6.54 Å². The van der Waals surface area contributed by atoms with Gasteiger partial charge < -0.3 is 14.9 Å². The summed E-state index contributed by atoms with van der Waals surface area (Å²) in [5.74, 6) is 0.0401. The minimum absolute atomic E-state index is 0.0401. The summed E-state index contributed by atoms with van der Waals surface area (Å²) in [6.07, 6.45) is 4.71. The SMILES string of the molecule is CN(Cc1ccccc1)c1cccc(C(=O)N2CCC(O)(CC3CC=NN3C)CC2)c1. The zero-order chi connectivity index (χ0) is 21.8. The number of hydrogen-bond acceptors (Lipinski definition) is 5. The van der Waals surface area contributed by atoms with Gasteiger partial charge in [0.25, 0.3) is 5.91 Å². The highest BCUT2D eigenvalue weighted by molar-refractivity contribution is 5.95. The predicted molar refractivity (Wildman–Crippen MR) is 124 cm³/mol. The number of amides is 1. The van der Waals surface area contributed by atoms with E-state index in [2.05, 4.69) is 22.1 Å². The van der Waals surface area contributed by atoms with Crippen LogP contribution in [0.25, 0.3) is 0 Å². The minimum atomic E-state index is -0.721. The smallest absolute Gasteiger partial charge is 0.253 e. The summed E-state index contributed by atoms with van der Waals surface area (Å²) < 4.78 is 0. The van der Waals surface area contributed by atoms with Gasteiger partial charge in [-0.3, -0.25) is 9.80 Å².